The third-order valence-electron chi connectivity index (χ3n) is 1.73. The Morgan fingerprint density at radius 3 is 2.69 bits per heavy atom. The van der Waals surface area contributed by atoms with Gasteiger partial charge in [-0.25, -0.2) is 4.79 Å². The van der Waals surface area contributed by atoms with Crippen molar-refractivity contribution in [1.82, 2.24) is 5.32 Å². The zero-order valence-corrected chi connectivity index (χ0v) is 9.38. The molecule has 0 aliphatic carbocycles. The van der Waals surface area contributed by atoms with Gasteiger partial charge in [0.1, 0.15) is 11.6 Å². The Labute approximate surface area is 97.7 Å². The number of hydrogen-bond acceptors (Lipinski definition) is 3. The van der Waals surface area contributed by atoms with Gasteiger partial charge in [0.25, 0.3) is 0 Å². The number of benzene rings is 1. The second kappa shape index (κ2) is 5.97. The van der Waals surface area contributed by atoms with Crippen molar-refractivity contribution >= 4 is 29.2 Å². The molecule has 0 radical (unpaired) electrons. The van der Waals surface area contributed by atoms with Crippen LogP contribution in [0.25, 0.3) is 0 Å². The van der Waals surface area contributed by atoms with Crippen LogP contribution in [0.4, 0.5) is 10.5 Å². The largest absolute Gasteiger partial charge is 0.495 e. The average Bonchev–Trinajstić information content (AvgIpc) is 2.29. The van der Waals surface area contributed by atoms with E-state index in [1.807, 2.05) is 0 Å². The summed E-state index contributed by atoms with van der Waals surface area (Å²) in [7, 11) is 1.49. The van der Waals surface area contributed by atoms with E-state index in [2.05, 4.69) is 10.6 Å². The predicted molar refractivity (Wildman–Crippen MR) is 60.9 cm³/mol. The van der Waals surface area contributed by atoms with Gasteiger partial charge in [-0.2, -0.15) is 0 Å². The fraction of sp³-hybridized carbons (Fsp3) is 0.200. The molecule has 0 aliphatic rings. The van der Waals surface area contributed by atoms with Crippen molar-refractivity contribution in [3.63, 3.8) is 0 Å². The summed E-state index contributed by atoms with van der Waals surface area (Å²) in [5, 5.41) is 4.53. The van der Waals surface area contributed by atoms with Crippen LogP contribution in [0.3, 0.4) is 0 Å². The van der Waals surface area contributed by atoms with E-state index < -0.39 is 11.9 Å². The summed E-state index contributed by atoms with van der Waals surface area (Å²) in [4.78, 5) is 22.1. The lowest BCUT2D eigenvalue weighted by Crippen LogP contribution is -2.35. The lowest BCUT2D eigenvalue weighted by Gasteiger charge is -2.09. The number of carbonyl (C=O) groups is 2. The zero-order chi connectivity index (χ0) is 12.0. The van der Waals surface area contributed by atoms with E-state index in [0.717, 1.165) is 0 Å². The topological polar surface area (TPSA) is 67.4 Å². The minimum Gasteiger partial charge on any atom is -0.495 e. The number of carbonyl (C=O) groups excluding carboxylic acids is 2. The van der Waals surface area contributed by atoms with Gasteiger partial charge in [0.05, 0.1) is 12.8 Å². The minimum atomic E-state index is -0.643. The highest BCUT2D eigenvalue weighted by atomic mass is 35.5. The summed E-state index contributed by atoms with van der Waals surface area (Å²) < 4.78 is 5.02. The summed E-state index contributed by atoms with van der Waals surface area (Å²) in [5.74, 6) is -0.315. The van der Waals surface area contributed by atoms with Gasteiger partial charge in [-0.15, -0.1) is 11.6 Å². The van der Waals surface area contributed by atoms with E-state index in [1.165, 1.54) is 7.11 Å². The molecule has 1 aromatic rings. The second-order valence-corrected chi connectivity index (χ2v) is 3.10. The first-order chi connectivity index (χ1) is 7.67. The average molecular weight is 243 g/mol. The molecule has 0 spiro atoms. The van der Waals surface area contributed by atoms with E-state index in [1.54, 1.807) is 24.3 Å². The van der Waals surface area contributed by atoms with Crippen LogP contribution in [0, 0.1) is 0 Å². The summed E-state index contributed by atoms with van der Waals surface area (Å²) in [5.41, 5.74) is 0.477. The van der Waals surface area contributed by atoms with Gasteiger partial charge < -0.3 is 10.1 Å². The zero-order valence-electron chi connectivity index (χ0n) is 8.62. The van der Waals surface area contributed by atoms with Gasteiger partial charge >= 0.3 is 6.03 Å². The molecule has 16 heavy (non-hydrogen) atoms. The third-order valence-corrected chi connectivity index (χ3v) is 1.97. The van der Waals surface area contributed by atoms with E-state index in [-0.39, 0.29) is 5.88 Å². The van der Waals surface area contributed by atoms with Crippen molar-refractivity contribution in [1.29, 1.82) is 0 Å². The number of halogens is 1. The molecule has 3 amide bonds. The molecule has 0 fully saturated rings. The molecule has 0 saturated heterocycles. The van der Waals surface area contributed by atoms with Crippen molar-refractivity contribution in [3.05, 3.63) is 24.3 Å². The number of methoxy groups -OCH3 is 1. The number of anilines is 1. The van der Waals surface area contributed by atoms with E-state index in [4.69, 9.17) is 16.3 Å². The standard InChI is InChI=1S/C10H11ClN2O3/c1-16-8-5-3-2-4-7(8)12-10(15)13-9(14)6-11/h2-5H,6H2,1H3,(H2,12,13,14,15). The molecule has 0 atom stereocenters. The first kappa shape index (κ1) is 12.3. The number of imide groups is 1. The lowest BCUT2D eigenvalue weighted by molar-refractivity contribution is -0.117. The molecule has 0 aliphatic heterocycles. The normalized spacial score (nSPS) is 9.38. The van der Waals surface area contributed by atoms with Gasteiger partial charge in [0.2, 0.25) is 5.91 Å². The lowest BCUT2D eigenvalue weighted by atomic mass is 10.3. The van der Waals surface area contributed by atoms with E-state index in [9.17, 15) is 9.59 Å². The molecule has 2 N–H and O–H groups in total. The summed E-state index contributed by atoms with van der Waals surface area (Å²) in [6.07, 6.45) is 0. The van der Waals surface area contributed by atoms with Crippen molar-refractivity contribution < 1.29 is 14.3 Å². The molecule has 1 rings (SSSR count). The van der Waals surface area contributed by atoms with Crippen molar-refractivity contribution in [2.75, 3.05) is 18.3 Å². The minimum absolute atomic E-state index is 0.265. The maximum absolute atomic E-state index is 11.3. The number of hydrogen-bond donors (Lipinski definition) is 2. The molecular weight excluding hydrogens is 232 g/mol. The highest BCUT2D eigenvalue weighted by Crippen LogP contribution is 2.22. The van der Waals surface area contributed by atoms with Crippen LogP contribution in [0.15, 0.2) is 24.3 Å². The van der Waals surface area contributed by atoms with Crippen LogP contribution in [0.5, 0.6) is 5.75 Å². The monoisotopic (exact) mass is 242 g/mol. The number of rotatable bonds is 3. The van der Waals surface area contributed by atoms with Crippen LogP contribution in [0.2, 0.25) is 0 Å². The maximum atomic E-state index is 11.3. The fourth-order valence-corrected chi connectivity index (χ4v) is 1.13. The molecule has 1 aromatic carbocycles. The SMILES string of the molecule is COc1ccccc1NC(=O)NC(=O)CCl. The molecule has 0 heterocycles. The highest BCUT2D eigenvalue weighted by Gasteiger charge is 2.08. The van der Waals surface area contributed by atoms with Crippen molar-refractivity contribution in [2.24, 2.45) is 0 Å². The van der Waals surface area contributed by atoms with Crippen LogP contribution in [0.1, 0.15) is 0 Å². The van der Waals surface area contributed by atoms with Crippen LogP contribution in [-0.2, 0) is 4.79 Å². The quantitative estimate of drug-likeness (QED) is 0.791. The van der Waals surface area contributed by atoms with Crippen LogP contribution < -0.4 is 15.4 Å². The Kier molecular flexibility index (Phi) is 4.60. The van der Waals surface area contributed by atoms with Gasteiger partial charge in [-0.1, -0.05) is 12.1 Å². The Morgan fingerprint density at radius 2 is 2.06 bits per heavy atom. The molecule has 0 unspecified atom stereocenters. The van der Waals surface area contributed by atoms with E-state index in [0.29, 0.717) is 11.4 Å². The number of para-hydroxylation sites is 2. The number of nitrogens with one attached hydrogen (secondary N) is 2. The Bertz CT molecular complexity index is 395. The smallest absolute Gasteiger partial charge is 0.326 e. The Hall–Kier alpha value is -1.75. The number of alkyl halides is 1. The molecule has 86 valence electrons. The Balaban J connectivity index is 2.65. The number of urea groups is 1. The van der Waals surface area contributed by atoms with Gasteiger partial charge in [0, 0.05) is 0 Å². The molecule has 0 saturated carbocycles. The summed E-state index contributed by atoms with van der Waals surface area (Å²) in [6.45, 7) is 0. The van der Waals surface area contributed by atoms with Crippen LogP contribution in [-0.4, -0.2) is 24.9 Å². The molecule has 6 heteroatoms. The molecule has 5 nitrogen and oxygen atoms in total. The van der Waals surface area contributed by atoms with Gasteiger partial charge in [0.15, 0.2) is 0 Å². The van der Waals surface area contributed by atoms with Crippen molar-refractivity contribution in [3.8, 4) is 5.75 Å². The number of amides is 3. The first-order valence-electron chi connectivity index (χ1n) is 4.47. The van der Waals surface area contributed by atoms with Gasteiger partial charge in [-0.05, 0) is 12.1 Å². The summed E-state index contributed by atoms with van der Waals surface area (Å²) in [6, 6.07) is 6.21. The van der Waals surface area contributed by atoms with Crippen molar-refractivity contribution in [2.45, 2.75) is 0 Å². The molecule has 0 aromatic heterocycles. The number of ether oxygens (including phenoxy) is 1. The second-order valence-electron chi connectivity index (χ2n) is 2.84. The molecule has 0 bridgehead atoms. The van der Waals surface area contributed by atoms with Gasteiger partial charge in [-0.3, -0.25) is 10.1 Å². The molecular formula is C10H11ClN2O3. The first-order valence-corrected chi connectivity index (χ1v) is 5.00. The summed E-state index contributed by atoms with van der Waals surface area (Å²) >= 11 is 5.24. The maximum Gasteiger partial charge on any atom is 0.326 e. The highest BCUT2D eigenvalue weighted by molar-refractivity contribution is 6.28. The fourth-order valence-electron chi connectivity index (χ4n) is 1.06. The van der Waals surface area contributed by atoms with E-state index >= 15 is 0 Å². The third kappa shape index (κ3) is 3.43. The van der Waals surface area contributed by atoms with Crippen LogP contribution >= 0.6 is 11.6 Å². The Morgan fingerprint density at radius 1 is 1.38 bits per heavy atom. The predicted octanol–water partition coefficient (Wildman–Crippen LogP) is 1.58.